The number of nitrogen functional groups attached to an aromatic ring is 1. The summed E-state index contributed by atoms with van der Waals surface area (Å²) in [6.45, 7) is 8.02. The van der Waals surface area contributed by atoms with Crippen LogP contribution >= 0.6 is 0 Å². The summed E-state index contributed by atoms with van der Waals surface area (Å²) in [7, 11) is 0. The molecule has 3 N–H and O–H groups in total. The Hall–Kier alpha value is -1.97. The lowest BCUT2D eigenvalue weighted by Crippen LogP contribution is -2.09. The molecule has 0 aliphatic carbocycles. The maximum absolute atomic E-state index is 5.80. The molecule has 0 aliphatic rings. The maximum atomic E-state index is 5.80. The Morgan fingerprint density at radius 3 is 2.63 bits per heavy atom. The smallest absolute Gasteiger partial charge is 0.0596 e. The van der Waals surface area contributed by atoms with Gasteiger partial charge in [0.25, 0.3) is 0 Å². The van der Waals surface area contributed by atoms with Crippen molar-refractivity contribution in [2.24, 2.45) is 0 Å². The number of nitrogens with two attached hydrogens (primary N) is 1. The first-order valence-corrected chi connectivity index (χ1v) is 6.67. The van der Waals surface area contributed by atoms with Gasteiger partial charge in [0.05, 0.1) is 5.69 Å². The molecule has 2 aromatic rings. The Kier molecular flexibility index (Phi) is 4.10. The summed E-state index contributed by atoms with van der Waals surface area (Å²) in [5.74, 6) is 0. The van der Waals surface area contributed by atoms with Crippen LogP contribution in [0.25, 0.3) is 0 Å². The lowest BCUT2D eigenvalue weighted by Gasteiger charge is -2.09. The highest BCUT2D eigenvalue weighted by molar-refractivity contribution is 5.56. The van der Waals surface area contributed by atoms with Gasteiger partial charge in [-0.3, -0.25) is 4.68 Å². The first kappa shape index (κ1) is 13.5. The van der Waals surface area contributed by atoms with Gasteiger partial charge in [-0.1, -0.05) is 0 Å². The topological polar surface area (TPSA) is 55.9 Å². The van der Waals surface area contributed by atoms with Gasteiger partial charge in [0.1, 0.15) is 0 Å². The van der Waals surface area contributed by atoms with Gasteiger partial charge in [0.2, 0.25) is 0 Å². The summed E-state index contributed by atoms with van der Waals surface area (Å²) < 4.78 is 2.06. The number of aryl methyl sites for hydroxylation is 4. The zero-order valence-electron chi connectivity index (χ0n) is 11.9. The first-order valence-electron chi connectivity index (χ1n) is 6.67. The molecule has 1 heterocycles. The van der Waals surface area contributed by atoms with Crippen LogP contribution in [0.2, 0.25) is 0 Å². The average Bonchev–Trinajstić information content (AvgIpc) is 2.68. The standard InChI is InChI=1S/C15H22N4/c1-11-9-14(5-6-15(11)16)17-7-4-8-19-13(3)10-12(2)18-19/h5-6,9-10,17H,4,7-8,16H2,1-3H3. The number of nitrogens with one attached hydrogen (secondary N) is 1. The third-order valence-corrected chi connectivity index (χ3v) is 3.25. The van der Waals surface area contributed by atoms with Gasteiger partial charge in [-0.15, -0.1) is 0 Å². The van der Waals surface area contributed by atoms with Crippen LogP contribution in [0.1, 0.15) is 23.4 Å². The molecule has 102 valence electrons. The number of hydrogen-bond donors (Lipinski definition) is 2. The van der Waals surface area contributed by atoms with E-state index < -0.39 is 0 Å². The van der Waals surface area contributed by atoms with E-state index in [1.54, 1.807) is 0 Å². The molecule has 0 bridgehead atoms. The number of rotatable bonds is 5. The lowest BCUT2D eigenvalue weighted by atomic mass is 10.2. The Morgan fingerprint density at radius 1 is 1.21 bits per heavy atom. The van der Waals surface area contributed by atoms with E-state index in [-0.39, 0.29) is 0 Å². The molecular weight excluding hydrogens is 236 g/mol. The van der Waals surface area contributed by atoms with E-state index >= 15 is 0 Å². The predicted molar refractivity (Wildman–Crippen MR) is 80.4 cm³/mol. The third kappa shape index (κ3) is 3.50. The second-order valence-electron chi connectivity index (χ2n) is 5.00. The minimum Gasteiger partial charge on any atom is -0.399 e. The maximum Gasteiger partial charge on any atom is 0.0596 e. The summed E-state index contributed by atoms with van der Waals surface area (Å²) in [4.78, 5) is 0. The number of benzene rings is 1. The molecule has 1 aromatic carbocycles. The van der Waals surface area contributed by atoms with E-state index in [9.17, 15) is 0 Å². The molecule has 0 spiro atoms. The van der Waals surface area contributed by atoms with Crippen LogP contribution in [0.15, 0.2) is 24.3 Å². The number of anilines is 2. The summed E-state index contributed by atoms with van der Waals surface area (Å²) in [6, 6.07) is 8.15. The molecule has 19 heavy (non-hydrogen) atoms. The third-order valence-electron chi connectivity index (χ3n) is 3.25. The molecule has 0 fully saturated rings. The number of hydrogen-bond acceptors (Lipinski definition) is 3. The molecule has 4 nitrogen and oxygen atoms in total. The van der Waals surface area contributed by atoms with E-state index in [1.165, 1.54) is 5.69 Å². The van der Waals surface area contributed by atoms with Crippen molar-refractivity contribution in [1.82, 2.24) is 9.78 Å². The highest BCUT2D eigenvalue weighted by Crippen LogP contribution is 2.16. The molecule has 0 atom stereocenters. The van der Waals surface area contributed by atoms with E-state index in [4.69, 9.17) is 5.73 Å². The highest BCUT2D eigenvalue weighted by atomic mass is 15.3. The SMILES string of the molecule is Cc1cc(C)n(CCCNc2ccc(N)c(C)c2)n1. The van der Waals surface area contributed by atoms with Crippen LogP contribution in [0.5, 0.6) is 0 Å². The van der Waals surface area contributed by atoms with Crippen LogP contribution < -0.4 is 11.1 Å². The zero-order chi connectivity index (χ0) is 13.8. The summed E-state index contributed by atoms with van der Waals surface area (Å²) in [5, 5.41) is 7.87. The van der Waals surface area contributed by atoms with Crippen molar-refractivity contribution in [1.29, 1.82) is 0 Å². The Labute approximate surface area is 114 Å². The molecule has 0 saturated carbocycles. The molecule has 1 aromatic heterocycles. The average molecular weight is 258 g/mol. The fraction of sp³-hybridized carbons (Fsp3) is 0.400. The number of aromatic nitrogens is 2. The van der Waals surface area contributed by atoms with Crippen molar-refractivity contribution in [3.63, 3.8) is 0 Å². The Morgan fingerprint density at radius 2 is 2.00 bits per heavy atom. The minimum absolute atomic E-state index is 0.841. The fourth-order valence-corrected chi connectivity index (χ4v) is 2.15. The largest absolute Gasteiger partial charge is 0.399 e. The second kappa shape index (κ2) is 5.78. The van der Waals surface area contributed by atoms with Gasteiger partial charge in [-0.2, -0.15) is 5.10 Å². The van der Waals surface area contributed by atoms with Gasteiger partial charge in [-0.05, 0) is 57.0 Å². The van der Waals surface area contributed by atoms with Crippen molar-refractivity contribution >= 4 is 11.4 Å². The minimum atomic E-state index is 0.841. The second-order valence-corrected chi connectivity index (χ2v) is 5.00. The highest BCUT2D eigenvalue weighted by Gasteiger charge is 2.00. The van der Waals surface area contributed by atoms with E-state index in [1.807, 2.05) is 26.0 Å². The molecule has 0 saturated heterocycles. The van der Waals surface area contributed by atoms with Crippen molar-refractivity contribution in [3.8, 4) is 0 Å². The van der Waals surface area contributed by atoms with Gasteiger partial charge in [0.15, 0.2) is 0 Å². The van der Waals surface area contributed by atoms with E-state index in [0.717, 1.165) is 42.1 Å². The Bertz CT molecular complexity index is 557. The zero-order valence-corrected chi connectivity index (χ0v) is 11.9. The van der Waals surface area contributed by atoms with Crippen LogP contribution in [0, 0.1) is 20.8 Å². The van der Waals surface area contributed by atoms with Crippen LogP contribution in [0.3, 0.4) is 0 Å². The monoisotopic (exact) mass is 258 g/mol. The van der Waals surface area contributed by atoms with Gasteiger partial charge >= 0.3 is 0 Å². The van der Waals surface area contributed by atoms with Crippen LogP contribution in [-0.4, -0.2) is 16.3 Å². The number of nitrogens with zero attached hydrogens (tertiary/aromatic N) is 2. The van der Waals surface area contributed by atoms with Gasteiger partial charge in [0, 0.05) is 30.2 Å². The Balaban J connectivity index is 1.80. The molecule has 0 unspecified atom stereocenters. The predicted octanol–water partition coefficient (Wildman–Crippen LogP) is 2.89. The quantitative estimate of drug-likeness (QED) is 0.640. The molecular formula is C15H22N4. The van der Waals surface area contributed by atoms with Gasteiger partial charge in [-0.25, -0.2) is 0 Å². The van der Waals surface area contributed by atoms with Crippen molar-refractivity contribution in [3.05, 3.63) is 41.2 Å². The summed E-state index contributed by atoms with van der Waals surface area (Å²) in [5.41, 5.74) is 11.2. The fourth-order valence-electron chi connectivity index (χ4n) is 2.15. The summed E-state index contributed by atoms with van der Waals surface area (Å²) in [6.07, 6.45) is 1.05. The van der Waals surface area contributed by atoms with Gasteiger partial charge < -0.3 is 11.1 Å². The van der Waals surface area contributed by atoms with Crippen molar-refractivity contribution < 1.29 is 0 Å². The normalized spacial score (nSPS) is 10.7. The van der Waals surface area contributed by atoms with Crippen LogP contribution in [0.4, 0.5) is 11.4 Å². The van der Waals surface area contributed by atoms with Crippen LogP contribution in [-0.2, 0) is 6.54 Å². The molecule has 2 rings (SSSR count). The van der Waals surface area contributed by atoms with Crippen molar-refractivity contribution in [2.75, 3.05) is 17.6 Å². The molecule has 4 heteroatoms. The van der Waals surface area contributed by atoms with E-state index in [0.29, 0.717) is 0 Å². The summed E-state index contributed by atoms with van der Waals surface area (Å²) >= 11 is 0. The van der Waals surface area contributed by atoms with Crippen molar-refractivity contribution in [2.45, 2.75) is 33.7 Å². The lowest BCUT2D eigenvalue weighted by molar-refractivity contribution is 0.574. The molecule has 0 radical (unpaired) electrons. The van der Waals surface area contributed by atoms with E-state index in [2.05, 4.69) is 34.2 Å². The molecule has 0 aliphatic heterocycles. The first-order chi connectivity index (χ1) is 9.06. The molecule has 0 amide bonds.